The van der Waals surface area contributed by atoms with Gasteiger partial charge in [0.25, 0.3) is 0 Å². The van der Waals surface area contributed by atoms with Crippen molar-refractivity contribution in [3.8, 4) is 5.75 Å². The second-order valence-corrected chi connectivity index (χ2v) is 12.8. The maximum Gasteiger partial charge on any atom is 0.408 e. The van der Waals surface area contributed by atoms with Crippen molar-refractivity contribution in [3.05, 3.63) is 35.4 Å². The van der Waals surface area contributed by atoms with Crippen LogP contribution < -0.4 is 15.0 Å². The zero-order valence-electron chi connectivity index (χ0n) is 25.9. The van der Waals surface area contributed by atoms with Crippen molar-refractivity contribution >= 4 is 18.0 Å². The van der Waals surface area contributed by atoms with Crippen LogP contribution in [0.5, 0.6) is 5.75 Å². The van der Waals surface area contributed by atoms with Gasteiger partial charge in [0.2, 0.25) is 5.91 Å². The number of carbonyl (C=O) groups excluding carboxylic acids is 2. The summed E-state index contributed by atoms with van der Waals surface area (Å²) in [5, 5.41) is 6.61. The molecule has 2 aliphatic rings. The molecule has 4 rings (SSSR count). The molecular formula is C31H45F2N5O5. The number of alkyl carbamates (subject to hydrolysis) is 1. The van der Waals surface area contributed by atoms with Crippen LogP contribution in [0.15, 0.2) is 22.7 Å². The number of ether oxygens (including phenoxy) is 2. The molecule has 0 bridgehead atoms. The number of aromatic nitrogens is 2. The molecular weight excluding hydrogens is 560 g/mol. The van der Waals surface area contributed by atoms with Crippen LogP contribution in [0, 0.1) is 11.7 Å². The predicted octanol–water partition coefficient (Wildman–Crippen LogP) is 5.41. The number of likely N-dealkylation sites (tertiary alicyclic amines) is 1. The summed E-state index contributed by atoms with van der Waals surface area (Å²) in [6, 6.07) is 4.02. The summed E-state index contributed by atoms with van der Waals surface area (Å²) >= 11 is 0. The van der Waals surface area contributed by atoms with Crippen LogP contribution >= 0.6 is 0 Å². The van der Waals surface area contributed by atoms with E-state index in [-0.39, 0.29) is 37.4 Å². The van der Waals surface area contributed by atoms with Crippen LogP contribution in [0.25, 0.3) is 0 Å². The maximum atomic E-state index is 15.1. The van der Waals surface area contributed by atoms with E-state index in [1.165, 1.54) is 11.0 Å². The Morgan fingerprint density at radius 2 is 1.91 bits per heavy atom. The molecule has 2 atom stereocenters. The SMILES string of the molecule is CC(C)c1noc(N2CCC(CCCOc3ccc(C[C@H](NC(=O)OC(C)(C)C)C(=O)N4CC[C@H](F)C4)c(F)c3)CC2)n1. The highest BCUT2D eigenvalue weighted by molar-refractivity contribution is 5.86. The standard InChI is InChI=1S/C31H45F2N5O5/c1-20(2)27-35-29(43-36-27)37-13-10-21(11-14-37)7-6-16-41-24-9-8-22(25(33)18-24)17-26(34-30(40)42-31(3,4)5)28(39)38-15-12-23(32)19-38/h8-9,18,20-21,23,26H,6-7,10-17,19H2,1-5H3,(H,34,40)/t23-,26-/m0/s1. The lowest BCUT2D eigenvalue weighted by Crippen LogP contribution is -2.50. The van der Waals surface area contributed by atoms with E-state index in [4.69, 9.17) is 14.0 Å². The fraction of sp³-hybridized carbons (Fsp3) is 0.677. The molecule has 1 aromatic heterocycles. The van der Waals surface area contributed by atoms with Gasteiger partial charge in [-0.3, -0.25) is 4.79 Å². The molecule has 2 fully saturated rings. The van der Waals surface area contributed by atoms with Gasteiger partial charge in [-0.05, 0) is 70.4 Å². The van der Waals surface area contributed by atoms with Gasteiger partial charge in [-0.15, -0.1) is 0 Å². The van der Waals surface area contributed by atoms with E-state index < -0.39 is 35.6 Å². The molecule has 10 nitrogen and oxygen atoms in total. The van der Waals surface area contributed by atoms with Gasteiger partial charge in [0, 0.05) is 38.0 Å². The number of nitrogens with one attached hydrogen (secondary N) is 1. The van der Waals surface area contributed by atoms with Crippen LogP contribution in [-0.4, -0.2) is 77.6 Å². The molecule has 2 saturated heterocycles. The molecule has 2 aliphatic heterocycles. The van der Waals surface area contributed by atoms with Crippen molar-refractivity contribution in [2.75, 3.05) is 37.7 Å². The van der Waals surface area contributed by atoms with Gasteiger partial charge in [-0.25, -0.2) is 13.6 Å². The first-order valence-corrected chi connectivity index (χ1v) is 15.3. The van der Waals surface area contributed by atoms with E-state index in [9.17, 15) is 14.0 Å². The molecule has 0 saturated carbocycles. The highest BCUT2D eigenvalue weighted by atomic mass is 19.1. The lowest BCUT2D eigenvalue weighted by molar-refractivity contribution is -0.132. The number of amides is 2. The molecule has 1 N–H and O–H groups in total. The summed E-state index contributed by atoms with van der Waals surface area (Å²) in [4.78, 5) is 33.6. The van der Waals surface area contributed by atoms with Crippen molar-refractivity contribution in [2.24, 2.45) is 5.92 Å². The molecule has 0 unspecified atom stereocenters. The average molecular weight is 606 g/mol. The number of halogens is 2. The molecule has 12 heteroatoms. The van der Waals surface area contributed by atoms with Crippen molar-refractivity contribution in [3.63, 3.8) is 0 Å². The van der Waals surface area contributed by atoms with Gasteiger partial charge in [-0.2, -0.15) is 4.98 Å². The molecule has 2 amide bonds. The van der Waals surface area contributed by atoms with Crippen LogP contribution in [0.4, 0.5) is 19.6 Å². The highest BCUT2D eigenvalue weighted by Gasteiger charge is 2.33. The number of anilines is 1. The van der Waals surface area contributed by atoms with E-state index in [1.807, 2.05) is 13.8 Å². The fourth-order valence-electron chi connectivity index (χ4n) is 5.36. The largest absolute Gasteiger partial charge is 0.493 e. The molecule has 2 aromatic rings. The number of nitrogens with zero attached hydrogens (tertiary/aromatic N) is 4. The topological polar surface area (TPSA) is 110 Å². The minimum atomic E-state index is -1.11. The summed E-state index contributed by atoms with van der Waals surface area (Å²) in [6.07, 6.45) is 2.15. The number of hydrogen-bond acceptors (Lipinski definition) is 8. The van der Waals surface area contributed by atoms with Crippen LogP contribution in [0.3, 0.4) is 0 Å². The zero-order chi connectivity index (χ0) is 31.1. The Balaban J connectivity index is 1.25. The second-order valence-electron chi connectivity index (χ2n) is 12.8. The smallest absolute Gasteiger partial charge is 0.408 e. The molecule has 43 heavy (non-hydrogen) atoms. The monoisotopic (exact) mass is 605 g/mol. The highest BCUT2D eigenvalue weighted by Crippen LogP contribution is 2.27. The average Bonchev–Trinajstić information content (AvgIpc) is 3.61. The number of carbonyl (C=O) groups is 2. The lowest BCUT2D eigenvalue weighted by atomic mass is 9.92. The first-order valence-electron chi connectivity index (χ1n) is 15.3. The van der Waals surface area contributed by atoms with E-state index >= 15 is 4.39 Å². The molecule has 0 spiro atoms. The minimum absolute atomic E-state index is 0.0441. The Labute approximate surface area is 252 Å². The summed E-state index contributed by atoms with van der Waals surface area (Å²) in [6.45, 7) is 11.6. The Hall–Kier alpha value is -3.44. The van der Waals surface area contributed by atoms with Crippen molar-refractivity contribution < 1.29 is 32.4 Å². The third-order valence-electron chi connectivity index (χ3n) is 7.74. The third-order valence-corrected chi connectivity index (χ3v) is 7.74. The zero-order valence-corrected chi connectivity index (χ0v) is 25.9. The molecule has 0 radical (unpaired) electrons. The van der Waals surface area contributed by atoms with Gasteiger partial charge in [0.1, 0.15) is 29.4 Å². The fourth-order valence-corrected chi connectivity index (χ4v) is 5.36. The summed E-state index contributed by atoms with van der Waals surface area (Å²) in [5.41, 5.74) is -0.532. The quantitative estimate of drug-likeness (QED) is 0.339. The van der Waals surface area contributed by atoms with Gasteiger partial charge in [0.05, 0.1) is 13.2 Å². The molecule has 238 valence electrons. The normalized spacial score (nSPS) is 18.7. The molecule has 1 aromatic carbocycles. The van der Waals surface area contributed by atoms with Gasteiger partial charge < -0.3 is 29.1 Å². The Morgan fingerprint density at radius 1 is 1.16 bits per heavy atom. The molecule has 3 heterocycles. The van der Waals surface area contributed by atoms with E-state index in [1.54, 1.807) is 32.9 Å². The van der Waals surface area contributed by atoms with Crippen LogP contribution in [-0.2, 0) is 16.0 Å². The van der Waals surface area contributed by atoms with Crippen molar-refractivity contribution in [1.29, 1.82) is 0 Å². The Morgan fingerprint density at radius 3 is 2.51 bits per heavy atom. The van der Waals surface area contributed by atoms with Crippen LogP contribution in [0.2, 0.25) is 0 Å². The number of hydrogen-bond donors (Lipinski definition) is 1. The predicted molar refractivity (Wildman–Crippen MR) is 157 cm³/mol. The van der Waals surface area contributed by atoms with Crippen LogP contribution in [0.1, 0.15) is 84.0 Å². The number of alkyl halides is 1. The Bertz CT molecular complexity index is 1230. The maximum absolute atomic E-state index is 15.1. The first-order chi connectivity index (χ1) is 20.4. The van der Waals surface area contributed by atoms with Crippen molar-refractivity contribution in [1.82, 2.24) is 20.4 Å². The van der Waals surface area contributed by atoms with E-state index in [0.29, 0.717) is 24.3 Å². The number of rotatable bonds is 11. The molecule has 0 aliphatic carbocycles. The van der Waals surface area contributed by atoms with Crippen molar-refractivity contribution in [2.45, 2.75) is 96.9 Å². The number of piperidine rings is 1. The minimum Gasteiger partial charge on any atom is -0.493 e. The van der Waals surface area contributed by atoms with Gasteiger partial charge in [-0.1, -0.05) is 25.1 Å². The summed E-state index contributed by atoms with van der Waals surface area (Å²) < 4.78 is 45.4. The van der Waals surface area contributed by atoms with E-state index in [2.05, 4.69) is 20.4 Å². The number of benzene rings is 1. The van der Waals surface area contributed by atoms with Gasteiger partial charge in [0.15, 0.2) is 5.82 Å². The lowest BCUT2D eigenvalue weighted by Gasteiger charge is -2.30. The third kappa shape index (κ3) is 9.53. The first kappa shape index (κ1) is 32.5. The Kier molecular flexibility index (Phi) is 10.8. The summed E-state index contributed by atoms with van der Waals surface area (Å²) in [5.74, 6) is 0.920. The second kappa shape index (κ2) is 14.4. The van der Waals surface area contributed by atoms with E-state index in [0.717, 1.165) is 44.6 Å². The summed E-state index contributed by atoms with van der Waals surface area (Å²) in [7, 11) is 0. The van der Waals surface area contributed by atoms with Gasteiger partial charge >= 0.3 is 12.1 Å².